The molecule has 0 saturated carbocycles. The number of unbranched alkanes of at least 4 members (excludes halogenated alkanes) is 6. The first kappa shape index (κ1) is 20.6. The largest absolute Gasteiger partial charge is 0.469 e. The van der Waals surface area contributed by atoms with Crippen molar-refractivity contribution in [2.75, 3.05) is 7.11 Å². The number of carbonyl (C=O) groups excluding carboxylic acids is 1. The molecule has 0 rings (SSSR count). The molecule has 120 valence electrons. The highest BCUT2D eigenvalue weighted by Gasteiger charge is 1.96. The number of allylic oxidation sites excluding steroid dienone is 3. The van der Waals surface area contributed by atoms with Gasteiger partial charge in [-0.25, -0.2) is 0 Å². The standard InChI is InChI=1S/C19H25BrO2/c1-22-19(21)17-15-13-11-9-7-5-3-2-4-6-8-10-12-14-16-18-20/h12,14,16,18H,2-4,6,8,10,13,15,17H2,1H3. The van der Waals surface area contributed by atoms with Gasteiger partial charge in [-0.15, -0.1) is 0 Å². The fourth-order valence-corrected chi connectivity index (χ4v) is 1.86. The summed E-state index contributed by atoms with van der Waals surface area (Å²) in [6, 6.07) is 0. The molecule has 0 unspecified atom stereocenters. The summed E-state index contributed by atoms with van der Waals surface area (Å²) >= 11 is 3.23. The maximum Gasteiger partial charge on any atom is 0.305 e. The molecule has 0 N–H and O–H groups in total. The van der Waals surface area contributed by atoms with Crippen LogP contribution < -0.4 is 0 Å². The van der Waals surface area contributed by atoms with E-state index >= 15 is 0 Å². The van der Waals surface area contributed by atoms with Crippen molar-refractivity contribution in [1.82, 2.24) is 0 Å². The lowest BCUT2D eigenvalue weighted by molar-refractivity contribution is -0.140. The second kappa shape index (κ2) is 17.6. The monoisotopic (exact) mass is 364 g/mol. The number of hydrogen-bond donors (Lipinski definition) is 0. The van der Waals surface area contributed by atoms with E-state index in [1.165, 1.54) is 26.4 Å². The molecular formula is C19H25BrO2. The lowest BCUT2D eigenvalue weighted by Crippen LogP contribution is -1.98. The van der Waals surface area contributed by atoms with Crippen molar-refractivity contribution in [3.8, 4) is 23.7 Å². The minimum Gasteiger partial charge on any atom is -0.469 e. The molecule has 0 radical (unpaired) electrons. The van der Waals surface area contributed by atoms with Crippen LogP contribution in [-0.2, 0) is 9.53 Å². The summed E-state index contributed by atoms with van der Waals surface area (Å²) in [4.78, 5) is 12.7. The lowest BCUT2D eigenvalue weighted by atomic mass is 10.1. The second-order valence-corrected chi connectivity index (χ2v) is 5.26. The highest BCUT2D eigenvalue weighted by Crippen LogP contribution is 2.05. The van der Waals surface area contributed by atoms with Gasteiger partial charge >= 0.3 is 5.97 Å². The van der Waals surface area contributed by atoms with Crippen LogP contribution in [0.3, 0.4) is 0 Å². The average Bonchev–Trinajstić information content (AvgIpc) is 2.54. The molecule has 0 aliphatic heterocycles. The molecule has 0 heterocycles. The van der Waals surface area contributed by atoms with Crippen LogP contribution in [0.4, 0.5) is 0 Å². The quantitative estimate of drug-likeness (QED) is 0.232. The second-order valence-electron chi connectivity index (χ2n) is 4.73. The molecule has 0 atom stereocenters. The summed E-state index contributed by atoms with van der Waals surface area (Å²) in [6.45, 7) is 0. The Balaban J connectivity index is 3.40. The number of halogens is 1. The van der Waals surface area contributed by atoms with Crippen LogP contribution in [0.1, 0.15) is 57.8 Å². The first-order valence-electron chi connectivity index (χ1n) is 7.75. The summed E-state index contributed by atoms with van der Waals surface area (Å²) in [7, 11) is 1.40. The van der Waals surface area contributed by atoms with Gasteiger partial charge in [-0.3, -0.25) is 4.79 Å². The third-order valence-electron chi connectivity index (χ3n) is 2.89. The van der Waals surface area contributed by atoms with E-state index in [1.54, 1.807) is 0 Å². The van der Waals surface area contributed by atoms with Crippen molar-refractivity contribution in [3.63, 3.8) is 0 Å². The normalized spacial score (nSPS) is 10.1. The third kappa shape index (κ3) is 16.6. The fourth-order valence-electron chi connectivity index (χ4n) is 1.68. The van der Waals surface area contributed by atoms with Gasteiger partial charge < -0.3 is 4.74 Å². The van der Waals surface area contributed by atoms with Crippen LogP contribution in [0, 0.1) is 23.7 Å². The Hall–Kier alpha value is -1.45. The molecule has 0 spiro atoms. The van der Waals surface area contributed by atoms with E-state index in [1.807, 2.05) is 11.1 Å². The van der Waals surface area contributed by atoms with Crippen molar-refractivity contribution in [3.05, 3.63) is 23.2 Å². The van der Waals surface area contributed by atoms with Crippen molar-refractivity contribution in [1.29, 1.82) is 0 Å². The molecule has 0 aliphatic rings. The molecule has 22 heavy (non-hydrogen) atoms. The van der Waals surface area contributed by atoms with E-state index in [0.717, 1.165) is 25.7 Å². The molecule has 0 bridgehead atoms. The Kier molecular flexibility index (Phi) is 16.4. The maximum atomic E-state index is 10.9. The molecular weight excluding hydrogens is 340 g/mol. The molecule has 3 heteroatoms. The lowest BCUT2D eigenvalue weighted by Gasteiger charge is -1.95. The Bertz CT molecular complexity index is 455. The van der Waals surface area contributed by atoms with Crippen LogP contribution in [0.15, 0.2) is 23.2 Å². The average molecular weight is 365 g/mol. The molecule has 0 aromatic heterocycles. The highest BCUT2D eigenvalue weighted by atomic mass is 79.9. The number of methoxy groups -OCH3 is 1. The molecule has 2 nitrogen and oxygen atoms in total. The Morgan fingerprint density at radius 1 is 1.00 bits per heavy atom. The zero-order valence-corrected chi connectivity index (χ0v) is 15.0. The predicted octanol–water partition coefficient (Wildman–Crippen LogP) is 5.14. The van der Waals surface area contributed by atoms with E-state index in [2.05, 4.69) is 56.5 Å². The van der Waals surface area contributed by atoms with Crippen LogP contribution in [0.25, 0.3) is 0 Å². The number of rotatable bonds is 10. The topological polar surface area (TPSA) is 26.3 Å². The summed E-state index contributed by atoms with van der Waals surface area (Å²) in [5.74, 6) is 11.5. The molecule has 0 amide bonds. The van der Waals surface area contributed by atoms with Crippen LogP contribution >= 0.6 is 15.9 Å². The van der Waals surface area contributed by atoms with Crippen molar-refractivity contribution < 1.29 is 9.53 Å². The van der Waals surface area contributed by atoms with E-state index in [4.69, 9.17) is 0 Å². The Morgan fingerprint density at radius 3 is 2.36 bits per heavy atom. The summed E-state index contributed by atoms with van der Waals surface area (Å²) in [5, 5.41) is 0. The van der Waals surface area contributed by atoms with Gasteiger partial charge in [0.2, 0.25) is 0 Å². The van der Waals surface area contributed by atoms with Crippen LogP contribution in [0.2, 0.25) is 0 Å². The first-order chi connectivity index (χ1) is 10.8. The maximum absolute atomic E-state index is 10.9. The molecule has 0 fully saturated rings. The highest BCUT2D eigenvalue weighted by molar-refractivity contribution is 9.11. The third-order valence-corrected chi connectivity index (χ3v) is 3.20. The van der Waals surface area contributed by atoms with E-state index in [0.29, 0.717) is 12.8 Å². The molecule has 0 aromatic rings. The molecule has 0 aliphatic carbocycles. The van der Waals surface area contributed by atoms with Gasteiger partial charge in [-0.1, -0.05) is 58.8 Å². The fraction of sp³-hybridized carbons (Fsp3) is 0.526. The summed E-state index contributed by atoms with van der Waals surface area (Å²) in [6.07, 6.45) is 15.0. The predicted molar refractivity (Wildman–Crippen MR) is 96.3 cm³/mol. The van der Waals surface area contributed by atoms with Gasteiger partial charge in [-0.05, 0) is 42.5 Å². The molecule has 0 saturated heterocycles. The van der Waals surface area contributed by atoms with Gasteiger partial charge in [0.05, 0.1) is 7.11 Å². The smallest absolute Gasteiger partial charge is 0.305 e. The Morgan fingerprint density at radius 2 is 1.68 bits per heavy atom. The van der Waals surface area contributed by atoms with Gasteiger partial charge in [-0.2, -0.15) is 0 Å². The summed E-state index contributed by atoms with van der Waals surface area (Å²) in [5.41, 5.74) is 0. The van der Waals surface area contributed by atoms with E-state index in [-0.39, 0.29) is 5.97 Å². The first-order valence-corrected chi connectivity index (χ1v) is 8.67. The van der Waals surface area contributed by atoms with Gasteiger partial charge in [0, 0.05) is 19.3 Å². The van der Waals surface area contributed by atoms with Crippen molar-refractivity contribution in [2.24, 2.45) is 0 Å². The minimum atomic E-state index is -0.178. The number of carbonyl (C=O) groups is 1. The van der Waals surface area contributed by atoms with Crippen LogP contribution in [0.5, 0.6) is 0 Å². The van der Waals surface area contributed by atoms with Gasteiger partial charge in [0.1, 0.15) is 0 Å². The zero-order chi connectivity index (χ0) is 16.3. The zero-order valence-electron chi connectivity index (χ0n) is 13.4. The Labute approximate surface area is 143 Å². The van der Waals surface area contributed by atoms with Gasteiger partial charge in [0.25, 0.3) is 0 Å². The number of hydrogen-bond acceptors (Lipinski definition) is 2. The van der Waals surface area contributed by atoms with Crippen LogP contribution in [-0.4, -0.2) is 13.1 Å². The van der Waals surface area contributed by atoms with Crippen molar-refractivity contribution >= 4 is 21.9 Å². The van der Waals surface area contributed by atoms with Crippen molar-refractivity contribution in [2.45, 2.75) is 57.8 Å². The number of esters is 1. The summed E-state index contributed by atoms with van der Waals surface area (Å²) < 4.78 is 4.55. The van der Waals surface area contributed by atoms with Gasteiger partial charge in [0.15, 0.2) is 0 Å². The van der Waals surface area contributed by atoms with E-state index in [9.17, 15) is 4.79 Å². The minimum absolute atomic E-state index is 0.178. The number of ether oxygens (including phenoxy) is 1. The van der Waals surface area contributed by atoms with E-state index < -0.39 is 0 Å². The molecule has 0 aromatic carbocycles. The SMILES string of the molecule is COC(=O)CCCC#CC#CCCCCCCC=CC=CBr.